The Bertz CT molecular complexity index is 470. The van der Waals surface area contributed by atoms with Crippen molar-refractivity contribution >= 4 is 5.69 Å². The van der Waals surface area contributed by atoms with Crippen molar-refractivity contribution in [1.82, 2.24) is 5.32 Å². The second kappa shape index (κ2) is 6.75. The third kappa shape index (κ3) is 4.17. The summed E-state index contributed by atoms with van der Waals surface area (Å²) in [6, 6.07) is 5.70. The van der Waals surface area contributed by atoms with E-state index in [4.69, 9.17) is 4.74 Å². The molecule has 118 valence electrons. The van der Waals surface area contributed by atoms with E-state index in [0.29, 0.717) is 19.2 Å². The highest BCUT2D eigenvalue weighted by atomic mass is 19.1. The maximum Gasteiger partial charge on any atom is 0.129 e. The summed E-state index contributed by atoms with van der Waals surface area (Å²) in [6.07, 6.45) is 1.00. The van der Waals surface area contributed by atoms with Crippen molar-refractivity contribution in [3.8, 4) is 0 Å². The van der Waals surface area contributed by atoms with Gasteiger partial charge in [0.15, 0.2) is 0 Å². The molecule has 3 nitrogen and oxygen atoms in total. The number of benzene rings is 1. The number of hydrogen-bond donors (Lipinski definition) is 1. The van der Waals surface area contributed by atoms with Crippen molar-refractivity contribution in [2.45, 2.75) is 52.2 Å². The monoisotopic (exact) mass is 294 g/mol. The summed E-state index contributed by atoms with van der Waals surface area (Å²) in [7, 11) is 0. The highest BCUT2D eigenvalue weighted by Crippen LogP contribution is 2.28. The average molecular weight is 294 g/mol. The molecule has 0 radical (unpaired) electrons. The maximum atomic E-state index is 14.3. The molecule has 0 bridgehead atoms. The van der Waals surface area contributed by atoms with Crippen LogP contribution < -0.4 is 10.2 Å². The number of rotatable bonds is 4. The molecule has 0 amide bonds. The van der Waals surface area contributed by atoms with E-state index in [1.54, 1.807) is 12.1 Å². The van der Waals surface area contributed by atoms with Gasteiger partial charge < -0.3 is 15.0 Å². The number of hydrogen-bond acceptors (Lipinski definition) is 3. The minimum absolute atomic E-state index is 0.0330. The third-order valence-electron chi connectivity index (χ3n) is 3.90. The molecular formula is C17H27FN2O. The molecule has 1 aliphatic rings. The summed E-state index contributed by atoms with van der Waals surface area (Å²) in [5.41, 5.74) is 1.73. The van der Waals surface area contributed by atoms with Gasteiger partial charge in [-0.2, -0.15) is 0 Å². The Morgan fingerprint density at radius 2 is 2.14 bits per heavy atom. The molecule has 1 heterocycles. The lowest BCUT2D eigenvalue weighted by Gasteiger charge is -2.38. The van der Waals surface area contributed by atoms with Gasteiger partial charge in [-0.05, 0) is 39.3 Å². The Balaban J connectivity index is 2.27. The molecule has 1 unspecified atom stereocenters. The van der Waals surface area contributed by atoms with Crippen molar-refractivity contribution in [3.63, 3.8) is 0 Å². The van der Waals surface area contributed by atoms with Gasteiger partial charge >= 0.3 is 0 Å². The van der Waals surface area contributed by atoms with E-state index in [0.717, 1.165) is 30.8 Å². The highest BCUT2D eigenvalue weighted by Gasteiger charge is 2.25. The maximum absolute atomic E-state index is 14.3. The van der Waals surface area contributed by atoms with Gasteiger partial charge in [0.2, 0.25) is 0 Å². The molecule has 0 aromatic heterocycles. The van der Waals surface area contributed by atoms with E-state index >= 15 is 0 Å². The molecular weight excluding hydrogens is 267 g/mol. The summed E-state index contributed by atoms with van der Waals surface area (Å²) in [5, 5.41) is 3.39. The van der Waals surface area contributed by atoms with Crippen LogP contribution in [0.1, 0.15) is 39.7 Å². The largest absolute Gasteiger partial charge is 0.377 e. The standard InChI is InChI=1S/C17H27FN2O/c1-5-13-12-21-10-9-20(13)16-8-6-7-15(18)14(16)11-19-17(2,3)4/h6-8,13,19H,5,9-12H2,1-4H3. The van der Waals surface area contributed by atoms with Gasteiger partial charge in [-0.1, -0.05) is 13.0 Å². The topological polar surface area (TPSA) is 24.5 Å². The number of nitrogens with zero attached hydrogens (tertiary/aromatic N) is 1. The molecule has 1 N–H and O–H groups in total. The fraction of sp³-hybridized carbons (Fsp3) is 0.647. The zero-order chi connectivity index (χ0) is 15.5. The molecule has 21 heavy (non-hydrogen) atoms. The van der Waals surface area contributed by atoms with Gasteiger partial charge in [0, 0.05) is 29.9 Å². The van der Waals surface area contributed by atoms with Gasteiger partial charge in [0.05, 0.1) is 19.3 Å². The quantitative estimate of drug-likeness (QED) is 0.922. The van der Waals surface area contributed by atoms with Crippen LogP contribution in [0.3, 0.4) is 0 Å². The zero-order valence-electron chi connectivity index (χ0n) is 13.6. The lowest BCUT2D eigenvalue weighted by Crippen LogP contribution is -2.46. The third-order valence-corrected chi connectivity index (χ3v) is 3.90. The fourth-order valence-electron chi connectivity index (χ4n) is 2.66. The predicted octanol–water partition coefficient (Wildman–Crippen LogP) is 3.33. The van der Waals surface area contributed by atoms with Crippen LogP contribution in [0.4, 0.5) is 10.1 Å². The molecule has 0 spiro atoms. The molecule has 1 aliphatic heterocycles. The van der Waals surface area contributed by atoms with Crippen molar-refractivity contribution in [2.75, 3.05) is 24.7 Å². The summed E-state index contributed by atoms with van der Waals surface area (Å²) in [4.78, 5) is 2.30. The second-order valence-corrected chi connectivity index (χ2v) is 6.67. The molecule has 1 aromatic rings. The van der Waals surface area contributed by atoms with Crippen LogP contribution in [0.15, 0.2) is 18.2 Å². The van der Waals surface area contributed by atoms with Gasteiger partial charge in [0.25, 0.3) is 0 Å². The van der Waals surface area contributed by atoms with Gasteiger partial charge in [-0.15, -0.1) is 0 Å². The van der Waals surface area contributed by atoms with Crippen LogP contribution in [-0.4, -0.2) is 31.3 Å². The summed E-state index contributed by atoms with van der Waals surface area (Å²) in [6.45, 7) is 11.2. The number of morpholine rings is 1. The van der Waals surface area contributed by atoms with Gasteiger partial charge in [-0.3, -0.25) is 0 Å². The molecule has 1 saturated heterocycles. The highest BCUT2D eigenvalue weighted by molar-refractivity contribution is 5.55. The minimum atomic E-state index is -0.134. The minimum Gasteiger partial charge on any atom is -0.377 e. The molecule has 0 aliphatic carbocycles. The van der Waals surface area contributed by atoms with E-state index in [-0.39, 0.29) is 11.4 Å². The molecule has 0 saturated carbocycles. The Kier molecular flexibility index (Phi) is 5.22. The molecule has 1 fully saturated rings. The first-order chi connectivity index (χ1) is 9.92. The predicted molar refractivity (Wildman–Crippen MR) is 85.2 cm³/mol. The first kappa shape index (κ1) is 16.2. The SMILES string of the molecule is CCC1COCCN1c1cccc(F)c1CNC(C)(C)C. The van der Waals surface area contributed by atoms with Crippen LogP contribution in [0.5, 0.6) is 0 Å². The van der Waals surface area contributed by atoms with Crippen LogP contribution in [0, 0.1) is 5.82 Å². The number of halogens is 1. The summed E-state index contributed by atoms with van der Waals surface area (Å²) < 4.78 is 19.9. The van der Waals surface area contributed by atoms with Crippen LogP contribution in [-0.2, 0) is 11.3 Å². The van der Waals surface area contributed by atoms with Crippen LogP contribution in [0.2, 0.25) is 0 Å². The van der Waals surface area contributed by atoms with Crippen LogP contribution in [0.25, 0.3) is 0 Å². The smallest absolute Gasteiger partial charge is 0.129 e. The van der Waals surface area contributed by atoms with Crippen molar-refractivity contribution in [1.29, 1.82) is 0 Å². The van der Waals surface area contributed by atoms with Gasteiger partial charge in [-0.25, -0.2) is 4.39 Å². The van der Waals surface area contributed by atoms with E-state index in [9.17, 15) is 4.39 Å². The van der Waals surface area contributed by atoms with Crippen molar-refractivity contribution in [3.05, 3.63) is 29.6 Å². The Morgan fingerprint density at radius 1 is 1.38 bits per heavy atom. The molecule has 1 atom stereocenters. The number of anilines is 1. The first-order valence-corrected chi connectivity index (χ1v) is 7.79. The number of nitrogens with one attached hydrogen (secondary N) is 1. The van der Waals surface area contributed by atoms with Gasteiger partial charge in [0.1, 0.15) is 5.82 Å². The van der Waals surface area contributed by atoms with E-state index in [1.165, 1.54) is 0 Å². The van der Waals surface area contributed by atoms with E-state index in [2.05, 4.69) is 37.9 Å². The summed E-state index contributed by atoms with van der Waals surface area (Å²) in [5.74, 6) is -0.134. The molecule has 1 aromatic carbocycles. The van der Waals surface area contributed by atoms with E-state index < -0.39 is 0 Å². The van der Waals surface area contributed by atoms with Crippen LogP contribution >= 0.6 is 0 Å². The second-order valence-electron chi connectivity index (χ2n) is 6.67. The first-order valence-electron chi connectivity index (χ1n) is 7.79. The summed E-state index contributed by atoms with van der Waals surface area (Å²) >= 11 is 0. The lowest BCUT2D eigenvalue weighted by molar-refractivity contribution is 0.0928. The fourth-order valence-corrected chi connectivity index (χ4v) is 2.66. The average Bonchev–Trinajstić information content (AvgIpc) is 2.44. The number of ether oxygens (including phenoxy) is 1. The van der Waals surface area contributed by atoms with E-state index in [1.807, 2.05) is 6.07 Å². The molecule has 2 rings (SSSR count). The van der Waals surface area contributed by atoms with Crippen molar-refractivity contribution < 1.29 is 9.13 Å². The Morgan fingerprint density at radius 3 is 2.81 bits per heavy atom. The normalized spacial score (nSPS) is 19.9. The Labute approximate surface area is 127 Å². The molecule has 4 heteroatoms. The lowest BCUT2D eigenvalue weighted by atomic mass is 10.0. The van der Waals surface area contributed by atoms with Crippen molar-refractivity contribution in [2.24, 2.45) is 0 Å². The zero-order valence-corrected chi connectivity index (χ0v) is 13.6. The Hall–Kier alpha value is -1.13.